The second kappa shape index (κ2) is 19.2. The van der Waals surface area contributed by atoms with Gasteiger partial charge in [-0.2, -0.15) is 0 Å². The summed E-state index contributed by atoms with van der Waals surface area (Å²) in [5.41, 5.74) is 8.11. The van der Waals surface area contributed by atoms with Crippen LogP contribution in [0.3, 0.4) is 0 Å². The van der Waals surface area contributed by atoms with E-state index >= 15 is 0 Å². The Balaban J connectivity index is 1.47. The number of nitrogens with zero attached hydrogens (tertiary/aromatic N) is 1. The van der Waals surface area contributed by atoms with E-state index in [0.717, 1.165) is 30.4 Å². The van der Waals surface area contributed by atoms with Gasteiger partial charge in [-0.05, 0) is 106 Å². The zero-order chi connectivity index (χ0) is 35.9. The lowest BCUT2D eigenvalue weighted by molar-refractivity contribution is -0.114. The number of aliphatic imine (C=N–C) groups is 1. The maximum absolute atomic E-state index is 12.6. The Morgan fingerprint density at radius 3 is 2.84 bits per heavy atom. The molecule has 4 atom stereocenters. The maximum Gasteiger partial charge on any atom is 0.205 e. The molecule has 1 aliphatic heterocycles. The van der Waals surface area contributed by atoms with Crippen LogP contribution in [0.1, 0.15) is 56.6 Å². The molecule has 0 radical (unpaired) electrons. The van der Waals surface area contributed by atoms with E-state index < -0.39 is 11.7 Å². The van der Waals surface area contributed by atoms with Crippen LogP contribution in [0.25, 0.3) is 0 Å². The van der Waals surface area contributed by atoms with Gasteiger partial charge in [-0.1, -0.05) is 18.1 Å². The highest BCUT2D eigenvalue weighted by molar-refractivity contribution is 5.94. The van der Waals surface area contributed by atoms with Gasteiger partial charge in [-0.15, -0.1) is 0 Å². The van der Waals surface area contributed by atoms with E-state index in [4.69, 9.17) is 24.7 Å². The molecular weight excluding hydrogens is 638 g/mol. The summed E-state index contributed by atoms with van der Waals surface area (Å²) in [6.07, 6.45) is 11.4. The number of nitrogens with one attached hydrogen (secondary N) is 3. The summed E-state index contributed by atoms with van der Waals surface area (Å²) in [4.78, 5) is 16.7. The number of anilines is 1. The first-order valence-electron chi connectivity index (χ1n) is 17.3. The number of benzene rings is 2. The van der Waals surface area contributed by atoms with E-state index in [2.05, 4.69) is 33.0 Å². The van der Waals surface area contributed by atoms with Crippen molar-refractivity contribution in [1.82, 2.24) is 10.6 Å². The fourth-order valence-electron chi connectivity index (χ4n) is 6.64. The van der Waals surface area contributed by atoms with Crippen LogP contribution in [0.2, 0.25) is 0 Å². The first-order valence-corrected chi connectivity index (χ1v) is 17.3. The standard InChI is InChI=1S/C38H53N5O7/c1-26(44)23-42-25-48-17-15-30-22-38(24-40-2)21-29(30)9-7-16-49-36-32(43-37(39)41-3)18-28(20-35(36)50-38)8-5-6-10-31(45)13-11-27-12-14-33(46)34(19-27)47-4/h6,10,12,14,18-20,26,29-30,40,42,44,46H,5,8-9,11,13,15,17,21-25H2,1-4H3,(H3,39,41,43). The highest BCUT2D eigenvalue weighted by atomic mass is 16.5. The molecule has 2 bridgehead atoms. The molecule has 0 aromatic heterocycles. The van der Waals surface area contributed by atoms with Gasteiger partial charge in [0.15, 0.2) is 29.0 Å². The maximum atomic E-state index is 12.6. The molecule has 1 heterocycles. The molecule has 4 unspecified atom stereocenters. The lowest BCUT2D eigenvalue weighted by atomic mass is 9.91. The molecule has 1 fully saturated rings. The first kappa shape index (κ1) is 38.5. The predicted octanol–water partition coefficient (Wildman–Crippen LogP) is 3.89. The molecule has 0 amide bonds. The Morgan fingerprint density at radius 1 is 1.24 bits per heavy atom. The van der Waals surface area contributed by atoms with E-state index in [1.54, 1.807) is 38.2 Å². The van der Waals surface area contributed by atoms with Crippen molar-refractivity contribution < 1.29 is 34.0 Å². The first-order chi connectivity index (χ1) is 24.1. The Morgan fingerprint density at radius 2 is 2.08 bits per heavy atom. The number of fused-ring (bicyclic) bond motifs is 3. The Kier molecular flexibility index (Phi) is 14.8. The number of likely N-dealkylation sites (N-methyl/N-ethyl adjacent to an activating group) is 1. The number of phenols is 1. The van der Waals surface area contributed by atoms with Crippen molar-refractivity contribution in [1.29, 1.82) is 0 Å². The number of rotatable bonds is 18. The molecule has 2 aliphatic rings. The number of allylic oxidation sites excluding steroid dienone is 2. The predicted molar refractivity (Wildman–Crippen MR) is 195 cm³/mol. The summed E-state index contributed by atoms with van der Waals surface area (Å²) in [5.74, 6) is 5.65. The lowest BCUT2D eigenvalue weighted by Gasteiger charge is -2.32. The number of carbonyl (C=O) groups is 1. The average Bonchev–Trinajstić information content (AvgIpc) is 3.42. The van der Waals surface area contributed by atoms with Crippen molar-refractivity contribution in [2.75, 3.05) is 52.9 Å². The summed E-state index contributed by atoms with van der Waals surface area (Å²) >= 11 is 0. The van der Waals surface area contributed by atoms with E-state index in [9.17, 15) is 15.0 Å². The molecule has 0 saturated heterocycles. The molecule has 50 heavy (non-hydrogen) atoms. The summed E-state index contributed by atoms with van der Waals surface area (Å²) < 4.78 is 24.0. The van der Waals surface area contributed by atoms with Crippen LogP contribution in [-0.4, -0.2) is 81.3 Å². The fourth-order valence-corrected chi connectivity index (χ4v) is 6.64. The van der Waals surface area contributed by atoms with Crippen LogP contribution >= 0.6 is 0 Å². The van der Waals surface area contributed by atoms with Crippen molar-refractivity contribution in [3.05, 3.63) is 53.6 Å². The van der Waals surface area contributed by atoms with E-state index in [-0.39, 0.29) is 17.5 Å². The number of ether oxygens (including phenoxy) is 4. The lowest BCUT2D eigenvalue weighted by Crippen LogP contribution is -2.43. The Hall–Kier alpha value is -4.28. The second-order valence-corrected chi connectivity index (χ2v) is 13.1. The number of guanidine groups is 1. The summed E-state index contributed by atoms with van der Waals surface area (Å²) in [7, 11) is 5.04. The fraction of sp³-hybridized carbons (Fsp3) is 0.526. The number of phenolic OH excluding ortho intramolecular Hbond substituents is 1. The van der Waals surface area contributed by atoms with Gasteiger partial charge in [-0.25, -0.2) is 0 Å². The third-order valence-electron chi connectivity index (χ3n) is 9.05. The smallest absolute Gasteiger partial charge is 0.205 e. The summed E-state index contributed by atoms with van der Waals surface area (Å²) in [5, 5.41) is 28.9. The van der Waals surface area contributed by atoms with Crippen LogP contribution < -0.4 is 35.9 Å². The Labute approximate surface area is 295 Å². The molecule has 1 aliphatic carbocycles. The van der Waals surface area contributed by atoms with E-state index in [1.807, 2.05) is 25.3 Å². The Bertz CT molecular complexity index is 1550. The number of aliphatic hydroxyl groups is 1. The van der Waals surface area contributed by atoms with Crippen LogP contribution in [0.15, 0.2) is 47.5 Å². The number of hydrogen-bond donors (Lipinski definition) is 6. The molecule has 272 valence electrons. The minimum atomic E-state index is -0.486. The number of methoxy groups -OCH3 is 1. The summed E-state index contributed by atoms with van der Waals surface area (Å²) in [6, 6.07) is 9.06. The van der Waals surface area contributed by atoms with Crippen molar-refractivity contribution in [2.45, 2.75) is 70.0 Å². The normalized spacial score (nSPS) is 20.6. The van der Waals surface area contributed by atoms with Crippen LogP contribution in [0.4, 0.5) is 5.69 Å². The molecule has 1 saturated carbocycles. The molecular formula is C38H53N5O7. The van der Waals surface area contributed by atoms with Crippen LogP contribution in [0, 0.1) is 23.9 Å². The largest absolute Gasteiger partial charge is 0.504 e. The minimum Gasteiger partial charge on any atom is -0.504 e. The SMILES string of the molecule is CN=C(N)Nc1cc(CCC=CC(=O)CCc2ccc(O)c(OC)c2)cc2c1OC#CCC1CC(CNC)(CC1CCOCNCC(C)O)O2. The third-order valence-corrected chi connectivity index (χ3v) is 9.05. The van der Waals surface area contributed by atoms with Crippen molar-refractivity contribution in [3.63, 3.8) is 0 Å². The van der Waals surface area contributed by atoms with Crippen molar-refractivity contribution >= 4 is 17.4 Å². The van der Waals surface area contributed by atoms with Gasteiger partial charge in [0.25, 0.3) is 0 Å². The number of nitrogens with two attached hydrogens (primary N) is 1. The monoisotopic (exact) mass is 691 g/mol. The van der Waals surface area contributed by atoms with Gasteiger partial charge >= 0.3 is 0 Å². The summed E-state index contributed by atoms with van der Waals surface area (Å²) in [6.45, 7) is 3.87. The molecule has 12 nitrogen and oxygen atoms in total. The number of aromatic hydroxyl groups is 1. The number of ketones is 1. The minimum absolute atomic E-state index is 0.0212. The second-order valence-electron chi connectivity index (χ2n) is 13.1. The van der Waals surface area contributed by atoms with Gasteiger partial charge in [0.05, 0.1) is 25.6 Å². The topological polar surface area (TPSA) is 169 Å². The highest BCUT2D eigenvalue weighted by Gasteiger charge is 2.47. The molecule has 7 N–H and O–H groups in total. The number of hydrogen-bond acceptors (Lipinski definition) is 10. The highest BCUT2D eigenvalue weighted by Crippen LogP contribution is 2.48. The molecule has 2 aromatic carbocycles. The van der Waals surface area contributed by atoms with Gasteiger partial charge in [0, 0.05) is 39.6 Å². The third kappa shape index (κ3) is 11.4. The quantitative estimate of drug-likeness (QED) is 0.0335. The zero-order valence-corrected chi connectivity index (χ0v) is 29.7. The van der Waals surface area contributed by atoms with Gasteiger partial charge in [0.2, 0.25) is 5.75 Å². The number of carbonyl (C=O) groups excluding carboxylic acids is 1. The van der Waals surface area contributed by atoms with E-state index in [0.29, 0.717) is 93.3 Å². The molecule has 2 aromatic rings. The average molecular weight is 692 g/mol. The number of aliphatic hydroxyl groups excluding tert-OH is 1. The number of aryl methyl sites for hydroxylation is 2. The van der Waals surface area contributed by atoms with Crippen molar-refractivity contribution in [2.24, 2.45) is 22.6 Å². The van der Waals surface area contributed by atoms with Gasteiger partial charge in [0.1, 0.15) is 11.7 Å². The van der Waals surface area contributed by atoms with Crippen LogP contribution in [-0.2, 0) is 22.4 Å². The van der Waals surface area contributed by atoms with E-state index in [1.165, 1.54) is 7.11 Å². The molecule has 0 spiro atoms. The van der Waals surface area contributed by atoms with Gasteiger partial charge in [-0.3, -0.25) is 15.1 Å². The molecule has 12 heteroatoms. The zero-order valence-electron chi connectivity index (χ0n) is 29.7. The molecule has 4 rings (SSSR count). The van der Waals surface area contributed by atoms with Crippen molar-refractivity contribution in [3.8, 4) is 35.0 Å². The van der Waals surface area contributed by atoms with Gasteiger partial charge < -0.3 is 45.5 Å². The van der Waals surface area contributed by atoms with Crippen LogP contribution in [0.5, 0.6) is 23.0 Å².